The Bertz CT molecular complexity index is 944. The minimum Gasteiger partial charge on any atom is -0.494 e. The van der Waals surface area contributed by atoms with Crippen molar-refractivity contribution in [2.45, 2.75) is 32.8 Å². The van der Waals surface area contributed by atoms with Gasteiger partial charge in [0, 0.05) is 57.0 Å². The van der Waals surface area contributed by atoms with Crippen molar-refractivity contribution in [3.63, 3.8) is 0 Å². The van der Waals surface area contributed by atoms with E-state index < -0.39 is 0 Å². The maximum atomic E-state index is 12.8. The van der Waals surface area contributed by atoms with Gasteiger partial charge in [-0.15, -0.1) is 0 Å². The van der Waals surface area contributed by atoms with Crippen molar-refractivity contribution in [2.75, 3.05) is 44.2 Å². The standard InChI is InChI=1S/C23H29N5O4/c1-3-31-19-6-4-18(5-7-19)28-15-14-27(23(28)30)16-22(29)26-12-9-20(10-13-26)32-21-8-11-24-17(2)25-21/h4-8,11,20H,3,9-10,12-16H2,1-2H3. The van der Waals surface area contributed by atoms with Gasteiger partial charge in [-0.05, 0) is 38.1 Å². The van der Waals surface area contributed by atoms with Crippen LogP contribution < -0.4 is 14.4 Å². The summed E-state index contributed by atoms with van der Waals surface area (Å²) in [5.41, 5.74) is 0.811. The first kappa shape index (κ1) is 21.9. The van der Waals surface area contributed by atoms with Gasteiger partial charge in [0.05, 0.1) is 6.61 Å². The molecule has 2 fully saturated rings. The summed E-state index contributed by atoms with van der Waals surface area (Å²) in [5.74, 6) is 1.99. The van der Waals surface area contributed by atoms with Gasteiger partial charge in [-0.3, -0.25) is 9.69 Å². The SMILES string of the molecule is CCOc1ccc(N2CCN(CC(=O)N3CCC(Oc4ccnc(C)n4)CC3)C2=O)cc1. The molecular formula is C23H29N5O4. The zero-order valence-corrected chi connectivity index (χ0v) is 18.6. The van der Waals surface area contributed by atoms with Crippen LogP contribution in [0.15, 0.2) is 36.5 Å². The number of amides is 3. The van der Waals surface area contributed by atoms with E-state index in [1.54, 1.807) is 22.1 Å². The zero-order chi connectivity index (χ0) is 22.5. The highest BCUT2D eigenvalue weighted by atomic mass is 16.5. The molecule has 170 valence electrons. The largest absolute Gasteiger partial charge is 0.494 e. The summed E-state index contributed by atoms with van der Waals surface area (Å²) in [6.07, 6.45) is 3.18. The van der Waals surface area contributed by atoms with Crippen molar-refractivity contribution in [3.8, 4) is 11.6 Å². The number of nitrogens with zero attached hydrogens (tertiary/aromatic N) is 5. The van der Waals surface area contributed by atoms with Gasteiger partial charge in [0.1, 0.15) is 24.2 Å². The number of ether oxygens (including phenoxy) is 2. The molecule has 32 heavy (non-hydrogen) atoms. The van der Waals surface area contributed by atoms with E-state index in [1.165, 1.54) is 0 Å². The molecule has 4 rings (SSSR count). The Labute approximate surface area is 187 Å². The fourth-order valence-electron chi connectivity index (χ4n) is 4.02. The van der Waals surface area contributed by atoms with Crippen molar-refractivity contribution >= 4 is 17.6 Å². The third kappa shape index (κ3) is 5.09. The van der Waals surface area contributed by atoms with Crippen molar-refractivity contribution in [3.05, 3.63) is 42.4 Å². The predicted octanol–water partition coefficient (Wildman–Crippen LogP) is 2.50. The highest BCUT2D eigenvalue weighted by Gasteiger charge is 2.33. The van der Waals surface area contributed by atoms with E-state index in [4.69, 9.17) is 9.47 Å². The van der Waals surface area contributed by atoms with Gasteiger partial charge in [0.15, 0.2) is 0 Å². The molecular weight excluding hydrogens is 410 g/mol. The summed E-state index contributed by atoms with van der Waals surface area (Å²) in [6.45, 7) is 6.77. The second-order valence-corrected chi connectivity index (χ2v) is 7.92. The number of likely N-dealkylation sites (tertiary alicyclic amines) is 1. The van der Waals surface area contributed by atoms with Crippen LogP contribution >= 0.6 is 0 Å². The van der Waals surface area contributed by atoms with Crippen molar-refractivity contribution in [1.29, 1.82) is 0 Å². The Kier molecular flexibility index (Phi) is 6.72. The smallest absolute Gasteiger partial charge is 0.325 e. The lowest BCUT2D eigenvalue weighted by Gasteiger charge is -2.32. The first-order valence-corrected chi connectivity index (χ1v) is 11.1. The number of benzene rings is 1. The van der Waals surface area contributed by atoms with Crippen LogP contribution in [0.1, 0.15) is 25.6 Å². The van der Waals surface area contributed by atoms with Gasteiger partial charge in [0.25, 0.3) is 0 Å². The number of piperidine rings is 1. The average Bonchev–Trinajstić information content (AvgIpc) is 3.15. The molecule has 2 saturated heterocycles. The molecule has 9 nitrogen and oxygen atoms in total. The van der Waals surface area contributed by atoms with E-state index in [-0.39, 0.29) is 24.6 Å². The number of aromatic nitrogens is 2. The van der Waals surface area contributed by atoms with Crippen LogP contribution in [0.25, 0.3) is 0 Å². The molecule has 2 aliphatic rings. The highest BCUT2D eigenvalue weighted by molar-refractivity contribution is 5.96. The lowest BCUT2D eigenvalue weighted by molar-refractivity contribution is -0.133. The Morgan fingerprint density at radius 2 is 1.84 bits per heavy atom. The quantitative estimate of drug-likeness (QED) is 0.659. The van der Waals surface area contributed by atoms with Gasteiger partial charge >= 0.3 is 6.03 Å². The molecule has 0 atom stereocenters. The maximum Gasteiger partial charge on any atom is 0.325 e. The highest BCUT2D eigenvalue weighted by Crippen LogP contribution is 2.24. The number of carbonyl (C=O) groups is 2. The van der Waals surface area contributed by atoms with Crippen LogP contribution in [-0.2, 0) is 4.79 Å². The van der Waals surface area contributed by atoms with E-state index in [2.05, 4.69) is 9.97 Å². The predicted molar refractivity (Wildman–Crippen MR) is 119 cm³/mol. The van der Waals surface area contributed by atoms with E-state index >= 15 is 0 Å². The van der Waals surface area contributed by atoms with Crippen LogP contribution in [0.2, 0.25) is 0 Å². The molecule has 0 bridgehead atoms. The summed E-state index contributed by atoms with van der Waals surface area (Å²) in [4.78, 5) is 39.1. The second kappa shape index (κ2) is 9.84. The Balaban J connectivity index is 1.26. The summed E-state index contributed by atoms with van der Waals surface area (Å²) in [7, 11) is 0. The number of urea groups is 1. The van der Waals surface area contributed by atoms with Gasteiger partial charge in [-0.25, -0.2) is 9.78 Å². The van der Waals surface area contributed by atoms with E-state index in [1.807, 2.05) is 43.0 Å². The molecule has 0 unspecified atom stereocenters. The fourth-order valence-corrected chi connectivity index (χ4v) is 4.02. The molecule has 0 spiro atoms. The maximum absolute atomic E-state index is 12.8. The average molecular weight is 440 g/mol. The van der Waals surface area contributed by atoms with Crippen LogP contribution in [0, 0.1) is 6.92 Å². The topological polar surface area (TPSA) is 88.1 Å². The van der Waals surface area contributed by atoms with Crippen LogP contribution in [0.5, 0.6) is 11.6 Å². The molecule has 3 heterocycles. The minimum atomic E-state index is -0.139. The number of aryl methyl sites for hydroxylation is 1. The fraction of sp³-hybridized carbons (Fsp3) is 0.478. The third-order valence-electron chi connectivity index (χ3n) is 5.71. The van der Waals surface area contributed by atoms with E-state index in [9.17, 15) is 9.59 Å². The van der Waals surface area contributed by atoms with Crippen LogP contribution in [-0.4, -0.2) is 77.1 Å². The molecule has 2 aromatic rings. The van der Waals surface area contributed by atoms with E-state index in [0.717, 1.165) is 24.3 Å². The van der Waals surface area contributed by atoms with Gasteiger partial charge in [-0.1, -0.05) is 0 Å². The molecule has 1 aromatic carbocycles. The number of hydrogen-bond acceptors (Lipinski definition) is 6. The number of hydrogen-bond donors (Lipinski definition) is 0. The molecule has 0 radical (unpaired) electrons. The molecule has 0 N–H and O–H groups in total. The normalized spacial score (nSPS) is 17.1. The summed E-state index contributed by atoms with van der Waals surface area (Å²) in [6, 6.07) is 9.07. The number of rotatable bonds is 7. The Morgan fingerprint density at radius 3 is 2.53 bits per heavy atom. The molecule has 3 amide bonds. The van der Waals surface area contributed by atoms with E-state index in [0.29, 0.717) is 44.5 Å². The zero-order valence-electron chi connectivity index (χ0n) is 18.6. The number of anilines is 1. The molecule has 0 aliphatic carbocycles. The summed E-state index contributed by atoms with van der Waals surface area (Å²) < 4.78 is 11.4. The van der Waals surface area contributed by atoms with Gasteiger partial charge < -0.3 is 19.3 Å². The Hall–Kier alpha value is -3.36. The lowest BCUT2D eigenvalue weighted by Crippen LogP contribution is -2.47. The lowest BCUT2D eigenvalue weighted by atomic mass is 10.1. The summed E-state index contributed by atoms with van der Waals surface area (Å²) in [5, 5.41) is 0. The minimum absolute atomic E-state index is 0.0248. The Morgan fingerprint density at radius 1 is 1.09 bits per heavy atom. The van der Waals surface area contributed by atoms with Gasteiger partial charge in [0.2, 0.25) is 11.8 Å². The second-order valence-electron chi connectivity index (χ2n) is 7.92. The van der Waals surface area contributed by atoms with Crippen molar-refractivity contribution < 1.29 is 19.1 Å². The first-order valence-electron chi connectivity index (χ1n) is 11.1. The summed E-state index contributed by atoms with van der Waals surface area (Å²) >= 11 is 0. The van der Waals surface area contributed by atoms with Crippen molar-refractivity contribution in [2.24, 2.45) is 0 Å². The molecule has 0 saturated carbocycles. The van der Waals surface area contributed by atoms with Crippen LogP contribution in [0.4, 0.5) is 10.5 Å². The molecule has 2 aliphatic heterocycles. The monoisotopic (exact) mass is 439 g/mol. The number of carbonyl (C=O) groups excluding carboxylic acids is 2. The third-order valence-corrected chi connectivity index (χ3v) is 5.71. The van der Waals surface area contributed by atoms with Crippen LogP contribution in [0.3, 0.4) is 0 Å². The molecule has 9 heteroatoms. The molecule has 1 aromatic heterocycles. The first-order chi connectivity index (χ1) is 15.5. The van der Waals surface area contributed by atoms with Crippen molar-refractivity contribution in [1.82, 2.24) is 19.8 Å². The van der Waals surface area contributed by atoms with Gasteiger partial charge in [-0.2, -0.15) is 4.98 Å².